The lowest BCUT2D eigenvalue weighted by Gasteiger charge is -2.35. The first kappa shape index (κ1) is 29.1. The number of nitrogens with one attached hydrogen (secondary N) is 2. The molecule has 2 N–H and O–H groups in total. The molecule has 1 fully saturated rings. The van der Waals surface area contributed by atoms with Crippen LogP contribution in [0.1, 0.15) is 60.7 Å². The Morgan fingerprint density at radius 2 is 1.97 bits per heavy atom. The average Bonchev–Trinajstić information content (AvgIpc) is 2.79. The van der Waals surface area contributed by atoms with Crippen molar-refractivity contribution in [1.82, 2.24) is 15.5 Å². The van der Waals surface area contributed by atoms with E-state index in [0.29, 0.717) is 24.2 Å². The Morgan fingerprint density at radius 1 is 1.22 bits per heavy atom. The second-order valence-corrected chi connectivity index (χ2v) is 11.4. The van der Waals surface area contributed by atoms with Gasteiger partial charge in [0.1, 0.15) is 0 Å². The number of alkyl halides is 3. The van der Waals surface area contributed by atoms with Gasteiger partial charge in [0.05, 0.1) is 5.56 Å². The summed E-state index contributed by atoms with van der Waals surface area (Å²) in [6, 6.07) is 8.14. The van der Waals surface area contributed by atoms with Crippen molar-refractivity contribution in [3.63, 3.8) is 0 Å². The van der Waals surface area contributed by atoms with Crippen LogP contribution in [0.5, 0.6) is 0 Å². The van der Waals surface area contributed by atoms with Gasteiger partial charge in [-0.1, -0.05) is 44.0 Å². The molecule has 0 aromatic heterocycles. The minimum Gasteiger partial charge on any atom is -0.348 e. The first-order valence-corrected chi connectivity index (χ1v) is 13.8. The van der Waals surface area contributed by atoms with Crippen LogP contribution in [0.2, 0.25) is 10.0 Å². The van der Waals surface area contributed by atoms with Crippen molar-refractivity contribution in [2.45, 2.75) is 69.9 Å². The summed E-state index contributed by atoms with van der Waals surface area (Å²) in [6.45, 7) is 7.67. The van der Waals surface area contributed by atoms with Crippen molar-refractivity contribution in [2.75, 3.05) is 18.8 Å². The van der Waals surface area contributed by atoms with E-state index in [0.717, 1.165) is 35.1 Å². The van der Waals surface area contributed by atoms with Gasteiger partial charge in [-0.15, -0.1) is 11.8 Å². The highest BCUT2D eigenvalue weighted by molar-refractivity contribution is 7.99. The zero-order valence-corrected chi connectivity index (χ0v) is 23.0. The van der Waals surface area contributed by atoms with Gasteiger partial charge >= 0.3 is 6.18 Å². The number of rotatable bonds is 9. The standard InChI is InChI=1S/C26H32Cl2F3N3OS/c1-4-36-24-8-7-19(27)10-18(24)13-32-25(35)17-11-22(26(29,30)31)21(23(28)12-17)15-34-9-5-6-20(14-34)33-16(2)3/h7-8,10-12,16,20,33H,4-6,9,13-15H2,1-3H3,(H,32,35)/t20-/m0/s1. The van der Waals surface area contributed by atoms with Gasteiger partial charge in [-0.05, 0) is 66.6 Å². The van der Waals surface area contributed by atoms with E-state index in [1.54, 1.807) is 23.9 Å². The molecule has 0 aliphatic carbocycles. The van der Waals surface area contributed by atoms with Crippen LogP contribution in [-0.2, 0) is 19.3 Å². The second kappa shape index (κ2) is 12.9. The summed E-state index contributed by atoms with van der Waals surface area (Å²) in [5.41, 5.74) is -0.191. The molecule has 0 saturated carbocycles. The van der Waals surface area contributed by atoms with Gasteiger partial charge < -0.3 is 10.6 Å². The van der Waals surface area contributed by atoms with Gasteiger partial charge in [-0.25, -0.2) is 0 Å². The third-order valence-electron chi connectivity index (χ3n) is 5.98. The van der Waals surface area contributed by atoms with Crippen molar-refractivity contribution in [3.8, 4) is 0 Å². The molecule has 2 aromatic carbocycles. The molecule has 1 saturated heterocycles. The Labute approximate surface area is 225 Å². The van der Waals surface area contributed by atoms with Gasteiger partial charge in [-0.3, -0.25) is 9.69 Å². The van der Waals surface area contributed by atoms with Crippen molar-refractivity contribution < 1.29 is 18.0 Å². The summed E-state index contributed by atoms with van der Waals surface area (Å²) in [5, 5.41) is 6.65. The van der Waals surface area contributed by atoms with Crippen molar-refractivity contribution in [1.29, 1.82) is 0 Å². The highest BCUT2D eigenvalue weighted by Crippen LogP contribution is 2.37. The predicted octanol–water partition coefficient (Wildman–Crippen LogP) is 7.02. The van der Waals surface area contributed by atoms with Crippen molar-refractivity contribution in [2.24, 2.45) is 0 Å². The van der Waals surface area contributed by atoms with E-state index in [-0.39, 0.29) is 35.3 Å². The first-order chi connectivity index (χ1) is 17.0. The molecule has 3 rings (SSSR count). The monoisotopic (exact) mass is 561 g/mol. The molecule has 0 radical (unpaired) electrons. The smallest absolute Gasteiger partial charge is 0.348 e. The lowest BCUT2D eigenvalue weighted by Crippen LogP contribution is -2.47. The number of hydrogen-bond acceptors (Lipinski definition) is 4. The van der Waals surface area contributed by atoms with Crippen LogP contribution in [0.15, 0.2) is 35.2 Å². The molecule has 1 amide bonds. The van der Waals surface area contributed by atoms with E-state index in [9.17, 15) is 18.0 Å². The number of amides is 1. The number of piperidine rings is 1. The molecule has 1 aliphatic rings. The van der Waals surface area contributed by atoms with E-state index < -0.39 is 17.6 Å². The van der Waals surface area contributed by atoms with E-state index in [2.05, 4.69) is 24.5 Å². The van der Waals surface area contributed by atoms with Crippen LogP contribution in [0.25, 0.3) is 0 Å². The number of halogens is 5. The number of likely N-dealkylation sites (tertiary alicyclic amines) is 1. The second-order valence-electron chi connectivity index (χ2n) is 9.25. The maximum Gasteiger partial charge on any atom is 0.416 e. The minimum absolute atomic E-state index is 0.00221. The van der Waals surface area contributed by atoms with Gasteiger partial charge in [0, 0.05) is 52.2 Å². The molecule has 1 aliphatic heterocycles. The van der Waals surface area contributed by atoms with Crippen molar-refractivity contribution in [3.05, 3.63) is 62.6 Å². The van der Waals surface area contributed by atoms with E-state index >= 15 is 0 Å². The van der Waals surface area contributed by atoms with Gasteiger partial charge in [-0.2, -0.15) is 13.2 Å². The maximum absolute atomic E-state index is 14.1. The van der Waals surface area contributed by atoms with E-state index in [1.165, 1.54) is 6.07 Å². The molecule has 0 spiro atoms. The topological polar surface area (TPSA) is 44.4 Å². The third kappa shape index (κ3) is 8.02. The van der Waals surface area contributed by atoms with Gasteiger partial charge in [0.25, 0.3) is 5.91 Å². The number of carbonyl (C=O) groups excluding carboxylic acids is 1. The average molecular weight is 563 g/mol. The third-order valence-corrected chi connectivity index (χ3v) is 7.55. The van der Waals surface area contributed by atoms with Gasteiger partial charge in [0.15, 0.2) is 0 Å². The van der Waals surface area contributed by atoms with E-state index in [1.807, 2.05) is 17.9 Å². The molecule has 1 atom stereocenters. The number of hydrogen-bond donors (Lipinski definition) is 2. The van der Waals surface area contributed by atoms with Crippen LogP contribution in [0.4, 0.5) is 13.2 Å². The molecule has 0 unspecified atom stereocenters. The molecule has 0 bridgehead atoms. The van der Waals surface area contributed by atoms with E-state index in [4.69, 9.17) is 23.2 Å². The Morgan fingerprint density at radius 3 is 2.64 bits per heavy atom. The van der Waals surface area contributed by atoms with Crippen molar-refractivity contribution >= 4 is 40.9 Å². The summed E-state index contributed by atoms with van der Waals surface area (Å²) in [4.78, 5) is 15.8. The SMILES string of the molecule is CCSc1ccc(Cl)cc1CNC(=O)c1cc(Cl)c(CN2CCC[C@H](NC(C)C)C2)c(C(F)(F)F)c1. The largest absolute Gasteiger partial charge is 0.416 e. The van der Waals surface area contributed by atoms with Crippen LogP contribution in [-0.4, -0.2) is 41.7 Å². The van der Waals surface area contributed by atoms with Crippen LogP contribution in [0.3, 0.4) is 0 Å². The Bertz CT molecular complexity index is 1070. The fraction of sp³-hybridized carbons (Fsp3) is 0.500. The zero-order chi connectivity index (χ0) is 26.5. The van der Waals surface area contributed by atoms with Gasteiger partial charge in [0.2, 0.25) is 0 Å². The Kier molecular flexibility index (Phi) is 10.4. The highest BCUT2D eigenvalue weighted by Gasteiger charge is 2.36. The summed E-state index contributed by atoms with van der Waals surface area (Å²) in [7, 11) is 0. The lowest BCUT2D eigenvalue weighted by atomic mass is 9.99. The van der Waals surface area contributed by atoms with Crippen LogP contribution in [0, 0.1) is 0 Å². The summed E-state index contributed by atoms with van der Waals surface area (Å²) < 4.78 is 42.2. The normalized spacial score (nSPS) is 17.0. The molecular formula is C26H32Cl2F3N3OS. The number of thioether (sulfide) groups is 1. The number of nitrogens with zero attached hydrogens (tertiary/aromatic N) is 1. The quantitative estimate of drug-likeness (QED) is 0.323. The molecule has 1 heterocycles. The van der Waals surface area contributed by atoms with Crippen LogP contribution >= 0.6 is 35.0 Å². The molecular weight excluding hydrogens is 530 g/mol. The number of benzene rings is 2. The van der Waals surface area contributed by atoms with Crippen LogP contribution < -0.4 is 10.6 Å². The highest BCUT2D eigenvalue weighted by atomic mass is 35.5. The summed E-state index contributed by atoms with van der Waals surface area (Å²) in [5.74, 6) is 0.209. The Hall–Kier alpha value is -1.45. The molecule has 36 heavy (non-hydrogen) atoms. The lowest BCUT2D eigenvalue weighted by molar-refractivity contribution is -0.138. The number of carbonyl (C=O) groups is 1. The predicted molar refractivity (Wildman–Crippen MR) is 142 cm³/mol. The molecule has 2 aromatic rings. The zero-order valence-electron chi connectivity index (χ0n) is 20.6. The molecule has 198 valence electrons. The Balaban J connectivity index is 1.80. The molecule has 4 nitrogen and oxygen atoms in total. The first-order valence-electron chi connectivity index (χ1n) is 12.0. The fourth-order valence-corrected chi connectivity index (χ4v) is 5.74. The maximum atomic E-state index is 14.1. The molecule has 10 heteroatoms. The fourth-order valence-electron chi connectivity index (χ4n) is 4.47. The minimum atomic E-state index is -4.64. The summed E-state index contributed by atoms with van der Waals surface area (Å²) >= 11 is 14.1. The summed E-state index contributed by atoms with van der Waals surface area (Å²) in [6.07, 6.45) is -2.76.